The van der Waals surface area contributed by atoms with E-state index in [1.165, 1.54) is 21.9 Å². The van der Waals surface area contributed by atoms with Crippen LogP contribution in [0.1, 0.15) is 31.4 Å². The van der Waals surface area contributed by atoms with E-state index >= 15 is 0 Å². The van der Waals surface area contributed by atoms with Gasteiger partial charge in [-0.05, 0) is 19.8 Å². The first-order valence-electron chi connectivity index (χ1n) is 10.2. The lowest BCUT2D eigenvalue weighted by molar-refractivity contribution is -0.188. The second-order valence-electron chi connectivity index (χ2n) is 8.03. The van der Waals surface area contributed by atoms with Crippen LogP contribution in [0.2, 0.25) is 0 Å². The van der Waals surface area contributed by atoms with Crippen molar-refractivity contribution in [1.82, 2.24) is 19.5 Å². The summed E-state index contributed by atoms with van der Waals surface area (Å²) >= 11 is 1.40. The number of aryl methyl sites for hydroxylation is 1. The minimum atomic E-state index is -0.464. The molecule has 1 atom stereocenters. The predicted molar refractivity (Wildman–Crippen MR) is 107 cm³/mol. The number of carbonyl (C=O) groups excluding carboxylic acids is 1. The van der Waals surface area contributed by atoms with Gasteiger partial charge in [0.05, 0.1) is 19.1 Å². The highest BCUT2D eigenvalue weighted by molar-refractivity contribution is 7.20. The standard InChI is InChI=1S/C19H25N5O4S/c1-13-11-15(25)24-17(20-13)29-18(21-24)23-6-2-3-14(12-23)16(26)22-7-4-19(5-8-22)27-9-10-28-19/h11,14H,2-10,12H2,1H3/t14-/m0/s1. The third-order valence-corrected chi connectivity index (χ3v) is 7.02. The summed E-state index contributed by atoms with van der Waals surface area (Å²) in [5.41, 5.74) is 0.522. The lowest BCUT2D eigenvalue weighted by atomic mass is 9.95. The molecule has 1 spiro atoms. The Morgan fingerprint density at radius 3 is 2.76 bits per heavy atom. The summed E-state index contributed by atoms with van der Waals surface area (Å²) in [6.07, 6.45) is 3.28. The van der Waals surface area contributed by atoms with Gasteiger partial charge >= 0.3 is 0 Å². The average molecular weight is 420 g/mol. The van der Waals surface area contributed by atoms with E-state index in [1.54, 1.807) is 6.92 Å². The lowest BCUT2D eigenvalue weighted by Crippen LogP contribution is -2.51. The molecule has 1 amide bonds. The van der Waals surface area contributed by atoms with Gasteiger partial charge in [-0.2, -0.15) is 4.52 Å². The molecule has 0 aromatic carbocycles. The molecule has 3 saturated heterocycles. The number of anilines is 1. The number of likely N-dealkylation sites (tertiary alicyclic amines) is 1. The molecule has 0 unspecified atom stereocenters. The zero-order chi connectivity index (χ0) is 20.0. The van der Waals surface area contributed by atoms with Gasteiger partial charge in [-0.3, -0.25) is 9.59 Å². The van der Waals surface area contributed by atoms with Crippen LogP contribution in [0, 0.1) is 12.8 Å². The zero-order valence-corrected chi connectivity index (χ0v) is 17.3. The number of ether oxygens (including phenoxy) is 2. The Labute approximate surface area is 172 Å². The molecule has 156 valence electrons. The van der Waals surface area contributed by atoms with Crippen molar-refractivity contribution in [2.45, 2.75) is 38.4 Å². The van der Waals surface area contributed by atoms with Crippen molar-refractivity contribution in [3.05, 3.63) is 22.1 Å². The first-order valence-corrected chi connectivity index (χ1v) is 11.0. The van der Waals surface area contributed by atoms with Crippen molar-refractivity contribution < 1.29 is 14.3 Å². The number of nitrogens with zero attached hydrogens (tertiary/aromatic N) is 5. The van der Waals surface area contributed by atoms with Crippen LogP contribution < -0.4 is 10.5 Å². The minimum absolute atomic E-state index is 0.0540. The molecule has 3 aliphatic heterocycles. The van der Waals surface area contributed by atoms with Crippen LogP contribution in [0.4, 0.5) is 5.13 Å². The van der Waals surface area contributed by atoms with Crippen molar-refractivity contribution in [3.8, 4) is 0 Å². The van der Waals surface area contributed by atoms with Crippen LogP contribution in [0.25, 0.3) is 4.96 Å². The summed E-state index contributed by atoms with van der Waals surface area (Å²) in [5.74, 6) is -0.314. The fourth-order valence-corrected chi connectivity index (χ4v) is 5.49. The van der Waals surface area contributed by atoms with E-state index in [9.17, 15) is 9.59 Å². The van der Waals surface area contributed by atoms with Crippen LogP contribution in [-0.2, 0) is 14.3 Å². The summed E-state index contributed by atoms with van der Waals surface area (Å²) in [6.45, 7) is 5.91. The fraction of sp³-hybridized carbons (Fsp3) is 0.684. The third-order valence-electron chi connectivity index (χ3n) is 6.05. The Balaban J connectivity index is 1.28. The molecular weight excluding hydrogens is 394 g/mol. The maximum atomic E-state index is 13.1. The molecule has 0 bridgehead atoms. The third kappa shape index (κ3) is 3.53. The van der Waals surface area contributed by atoms with E-state index in [-0.39, 0.29) is 17.4 Å². The molecule has 29 heavy (non-hydrogen) atoms. The maximum Gasteiger partial charge on any atom is 0.275 e. The summed E-state index contributed by atoms with van der Waals surface area (Å²) in [5, 5.41) is 5.21. The first-order chi connectivity index (χ1) is 14.0. The highest BCUT2D eigenvalue weighted by atomic mass is 32.1. The largest absolute Gasteiger partial charge is 0.347 e. The van der Waals surface area contributed by atoms with Crippen LogP contribution in [0.3, 0.4) is 0 Å². The smallest absolute Gasteiger partial charge is 0.275 e. The summed E-state index contributed by atoms with van der Waals surface area (Å²) in [7, 11) is 0. The van der Waals surface area contributed by atoms with Gasteiger partial charge in [0, 0.05) is 50.8 Å². The van der Waals surface area contributed by atoms with Crippen molar-refractivity contribution in [2.24, 2.45) is 5.92 Å². The second kappa shape index (κ2) is 7.33. The lowest BCUT2D eigenvalue weighted by Gasteiger charge is -2.40. The summed E-state index contributed by atoms with van der Waals surface area (Å²) in [6, 6.07) is 1.49. The second-order valence-corrected chi connectivity index (χ2v) is 8.97. The molecule has 0 saturated carbocycles. The number of hydrogen-bond donors (Lipinski definition) is 0. The Morgan fingerprint density at radius 2 is 2.00 bits per heavy atom. The Hall–Kier alpha value is -2.04. The van der Waals surface area contributed by atoms with Crippen molar-refractivity contribution >= 4 is 27.3 Å². The summed E-state index contributed by atoms with van der Waals surface area (Å²) in [4.78, 5) is 34.4. The van der Waals surface area contributed by atoms with Crippen molar-refractivity contribution in [1.29, 1.82) is 0 Å². The van der Waals surface area contributed by atoms with Gasteiger partial charge in [0.1, 0.15) is 0 Å². The number of hydrogen-bond acceptors (Lipinski definition) is 8. The molecule has 2 aromatic heterocycles. The van der Waals surface area contributed by atoms with Gasteiger partial charge in [0.15, 0.2) is 5.79 Å². The molecule has 0 N–H and O–H groups in total. The quantitative estimate of drug-likeness (QED) is 0.719. The molecule has 5 heterocycles. The molecule has 5 rings (SSSR count). The Morgan fingerprint density at radius 1 is 1.24 bits per heavy atom. The first kappa shape index (κ1) is 19.0. The van der Waals surface area contributed by atoms with E-state index in [4.69, 9.17) is 9.47 Å². The Bertz CT molecular complexity index is 973. The molecule has 3 fully saturated rings. The van der Waals surface area contributed by atoms with Crippen molar-refractivity contribution in [2.75, 3.05) is 44.3 Å². The topological polar surface area (TPSA) is 89.3 Å². The van der Waals surface area contributed by atoms with E-state index in [1.807, 2.05) is 4.90 Å². The molecule has 2 aromatic rings. The zero-order valence-electron chi connectivity index (χ0n) is 16.5. The molecule has 0 aliphatic carbocycles. The van der Waals surface area contributed by atoms with Crippen LogP contribution >= 0.6 is 11.3 Å². The van der Waals surface area contributed by atoms with Crippen LogP contribution in [0.5, 0.6) is 0 Å². The molecule has 3 aliphatic rings. The van der Waals surface area contributed by atoms with Gasteiger partial charge < -0.3 is 19.3 Å². The summed E-state index contributed by atoms with van der Waals surface area (Å²) < 4.78 is 12.9. The van der Waals surface area contributed by atoms with E-state index in [0.29, 0.717) is 43.5 Å². The number of piperidine rings is 2. The molecule has 9 nitrogen and oxygen atoms in total. The predicted octanol–water partition coefficient (Wildman–Crippen LogP) is 1.04. The number of carbonyl (C=O) groups is 1. The van der Waals surface area contributed by atoms with E-state index < -0.39 is 5.79 Å². The van der Waals surface area contributed by atoms with Crippen LogP contribution in [-0.4, -0.2) is 70.6 Å². The van der Waals surface area contributed by atoms with Crippen molar-refractivity contribution in [3.63, 3.8) is 0 Å². The van der Waals surface area contributed by atoms with Crippen LogP contribution in [0.15, 0.2) is 10.9 Å². The number of fused-ring (bicyclic) bond motifs is 1. The normalized spacial score (nSPS) is 24.5. The number of amides is 1. The number of rotatable bonds is 2. The molecule has 0 radical (unpaired) electrons. The molecule has 10 heteroatoms. The highest BCUT2D eigenvalue weighted by Gasteiger charge is 2.42. The SMILES string of the molecule is Cc1cc(=O)n2nc(N3CCC[C@H](C(=O)N4CCC5(CC4)OCCO5)C3)sc2n1. The van der Waals surface area contributed by atoms with E-state index in [2.05, 4.69) is 15.0 Å². The average Bonchev–Trinajstić information content (AvgIpc) is 3.36. The monoisotopic (exact) mass is 419 g/mol. The molecular formula is C19H25N5O4S. The highest BCUT2D eigenvalue weighted by Crippen LogP contribution is 2.33. The van der Waals surface area contributed by atoms with Gasteiger partial charge in [-0.25, -0.2) is 4.98 Å². The van der Waals surface area contributed by atoms with Gasteiger partial charge in [0.2, 0.25) is 16.0 Å². The number of aromatic nitrogens is 3. The fourth-order valence-electron chi connectivity index (χ4n) is 4.50. The van der Waals surface area contributed by atoms with Gasteiger partial charge in [-0.1, -0.05) is 11.3 Å². The van der Waals surface area contributed by atoms with E-state index in [0.717, 1.165) is 37.4 Å². The van der Waals surface area contributed by atoms with Gasteiger partial charge in [-0.15, -0.1) is 5.10 Å². The maximum absolute atomic E-state index is 13.1. The minimum Gasteiger partial charge on any atom is -0.347 e. The van der Waals surface area contributed by atoms with Gasteiger partial charge in [0.25, 0.3) is 5.56 Å². The Kier molecular flexibility index (Phi) is 4.79.